The van der Waals surface area contributed by atoms with Crippen molar-refractivity contribution in [2.24, 2.45) is 0 Å². The van der Waals surface area contributed by atoms with Crippen LogP contribution in [0.4, 0.5) is 16.2 Å². The largest absolute Gasteiger partial charge is 0.417 e. The predicted molar refractivity (Wildman–Crippen MR) is 68.0 cm³/mol. The Morgan fingerprint density at radius 1 is 1.16 bits per heavy atom. The standard InChI is InChI=1S/C13H9N2O4/c16-13(14-10-4-2-1-3-5-10)19-12-8-6-11(7-9-12)15(17)18/h2-9H,(H,14,16). The van der Waals surface area contributed by atoms with Crippen molar-refractivity contribution in [2.75, 3.05) is 5.32 Å². The number of carbonyl (C=O) groups excluding carboxylic acids is 1. The third-order valence-corrected chi connectivity index (χ3v) is 2.22. The maximum absolute atomic E-state index is 11.5. The van der Waals surface area contributed by atoms with Gasteiger partial charge < -0.3 is 4.74 Å². The zero-order valence-electron chi connectivity index (χ0n) is 9.70. The second-order valence-corrected chi connectivity index (χ2v) is 3.55. The molecule has 19 heavy (non-hydrogen) atoms. The van der Waals surface area contributed by atoms with Gasteiger partial charge in [0.1, 0.15) is 5.75 Å². The molecule has 0 bridgehead atoms. The number of nitro groups is 1. The van der Waals surface area contributed by atoms with Gasteiger partial charge in [-0.2, -0.15) is 0 Å². The van der Waals surface area contributed by atoms with Crippen LogP contribution < -0.4 is 10.1 Å². The maximum atomic E-state index is 11.5. The number of rotatable bonds is 3. The first kappa shape index (κ1) is 12.6. The molecule has 0 atom stereocenters. The van der Waals surface area contributed by atoms with Crippen molar-refractivity contribution >= 4 is 17.5 Å². The van der Waals surface area contributed by atoms with Gasteiger partial charge >= 0.3 is 6.09 Å². The molecule has 6 nitrogen and oxygen atoms in total. The zero-order valence-corrected chi connectivity index (χ0v) is 9.70. The van der Waals surface area contributed by atoms with Gasteiger partial charge in [0.15, 0.2) is 0 Å². The molecule has 1 radical (unpaired) electrons. The lowest BCUT2D eigenvalue weighted by Crippen LogP contribution is -2.16. The van der Waals surface area contributed by atoms with E-state index in [1.165, 1.54) is 24.3 Å². The second kappa shape index (κ2) is 5.63. The predicted octanol–water partition coefficient (Wildman–Crippen LogP) is 3.01. The number of non-ortho nitro benzene ring substituents is 1. The number of carbonyl (C=O) groups is 1. The number of amides is 1. The highest BCUT2D eigenvalue weighted by atomic mass is 16.6. The summed E-state index contributed by atoms with van der Waals surface area (Å²) in [5.41, 5.74) is 0.511. The minimum atomic E-state index is -0.667. The molecule has 0 fully saturated rings. The number of hydrogen-bond donors (Lipinski definition) is 1. The molecule has 0 saturated carbocycles. The number of ether oxygens (including phenoxy) is 1. The van der Waals surface area contributed by atoms with Crippen LogP contribution in [0, 0.1) is 16.2 Å². The first-order chi connectivity index (χ1) is 9.15. The lowest BCUT2D eigenvalue weighted by atomic mass is 10.3. The van der Waals surface area contributed by atoms with Crippen molar-refractivity contribution in [2.45, 2.75) is 0 Å². The molecule has 1 amide bonds. The number of nitro benzene ring substituents is 1. The van der Waals surface area contributed by atoms with E-state index in [1.54, 1.807) is 24.3 Å². The van der Waals surface area contributed by atoms with Crippen LogP contribution >= 0.6 is 0 Å². The van der Waals surface area contributed by atoms with Gasteiger partial charge in [-0.05, 0) is 30.3 Å². The molecule has 95 valence electrons. The first-order valence-electron chi connectivity index (χ1n) is 5.34. The Kier molecular flexibility index (Phi) is 3.72. The van der Waals surface area contributed by atoms with Crippen LogP contribution in [0.25, 0.3) is 0 Å². The van der Waals surface area contributed by atoms with Crippen LogP contribution in [0.5, 0.6) is 5.75 Å². The molecule has 1 N–H and O–H groups in total. The topological polar surface area (TPSA) is 81.5 Å². The summed E-state index contributed by atoms with van der Waals surface area (Å²) in [6, 6.07) is 14.7. The van der Waals surface area contributed by atoms with E-state index in [2.05, 4.69) is 11.4 Å². The highest BCUT2D eigenvalue weighted by molar-refractivity contribution is 5.86. The second-order valence-electron chi connectivity index (χ2n) is 3.55. The van der Waals surface area contributed by atoms with Crippen molar-refractivity contribution in [1.29, 1.82) is 0 Å². The summed E-state index contributed by atoms with van der Waals surface area (Å²) in [4.78, 5) is 21.5. The van der Waals surface area contributed by atoms with Crippen LogP contribution in [-0.2, 0) is 0 Å². The number of anilines is 1. The molecule has 0 aliphatic carbocycles. The fraction of sp³-hybridized carbons (Fsp3) is 0. The van der Waals surface area contributed by atoms with Crippen LogP contribution in [0.2, 0.25) is 0 Å². The van der Waals surface area contributed by atoms with Gasteiger partial charge in [-0.3, -0.25) is 15.4 Å². The fourth-order valence-corrected chi connectivity index (χ4v) is 1.36. The quantitative estimate of drug-likeness (QED) is 0.676. The molecule has 0 saturated heterocycles. The van der Waals surface area contributed by atoms with E-state index >= 15 is 0 Å². The Bertz CT molecular complexity index is 581. The number of nitrogens with zero attached hydrogens (tertiary/aromatic N) is 1. The third kappa shape index (κ3) is 3.53. The summed E-state index contributed by atoms with van der Waals surface area (Å²) in [6.45, 7) is 0. The highest BCUT2D eigenvalue weighted by Crippen LogP contribution is 2.17. The maximum Gasteiger partial charge on any atom is 0.417 e. The van der Waals surface area contributed by atoms with E-state index in [1.807, 2.05) is 0 Å². The van der Waals surface area contributed by atoms with Crippen molar-refractivity contribution in [3.63, 3.8) is 0 Å². The molecule has 0 heterocycles. The van der Waals surface area contributed by atoms with E-state index in [4.69, 9.17) is 4.74 Å². The van der Waals surface area contributed by atoms with E-state index in [0.717, 1.165) is 0 Å². The Hall–Kier alpha value is -2.89. The molecule has 2 aromatic carbocycles. The summed E-state index contributed by atoms with van der Waals surface area (Å²) in [5, 5.41) is 13.0. The molecule has 2 rings (SSSR count). The van der Waals surface area contributed by atoms with E-state index < -0.39 is 11.0 Å². The number of hydrogen-bond acceptors (Lipinski definition) is 4. The smallest absolute Gasteiger partial charge is 0.410 e. The van der Waals surface area contributed by atoms with E-state index in [0.29, 0.717) is 5.69 Å². The fourth-order valence-electron chi connectivity index (χ4n) is 1.36. The molecule has 0 spiro atoms. The van der Waals surface area contributed by atoms with Gasteiger partial charge in [0.05, 0.1) is 4.92 Å². The SMILES string of the molecule is O=C(Nc1cc[c]cc1)Oc1ccc([N+](=O)[O-])cc1. The van der Waals surface area contributed by atoms with Crippen LogP contribution in [0.3, 0.4) is 0 Å². The minimum absolute atomic E-state index is 0.0636. The van der Waals surface area contributed by atoms with Crippen LogP contribution in [0.15, 0.2) is 48.5 Å². The molecule has 6 heteroatoms. The Labute approximate surface area is 108 Å². The normalized spacial score (nSPS) is 9.68. The van der Waals surface area contributed by atoms with Crippen LogP contribution in [-0.4, -0.2) is 11.0 Å². The van der Waals surface area contributed by atoms with Gasteiger partial charge in [0.25, 0.3) is 5.69 Å². The van der Waals surface area contributed by atoms with Crippen molar-refractivity contribution < 1.29 is 14.5 Å². The average molecular weight is 257 g/mol. The summed E-state index contributed by atoms with van der Waals surface area (Å²) in [5.74, 6) is 0.227. The summed E-state index contributed by atoms with van der Waals surface area (Å²) < 4.78 is 4.97. The molecular weight excluding hydrogens is 248 g/mol. The van der Waals surface area contributed by atoms with Gasteiger partial charge in [-0.25, -0.2) is 4.79 Å². The lowest BCUT2D eigenvalue weighted by molar-refractivity contribution is -0.384. The lowest BCUT2D eigenvalue weighted by Gasteiger charge is -2.05. The van der Waals surface area contributed by atoms with Gasteiger partial charge in [0, 0.05) is 17.8 Å². The van der Waals surface area contributed by atoms with Crippen LogP contribution in [0.1, 0.15) is 0 Å². The van der Waals surface area contributed by atoms with E-state index in [9.17, 15) is 14.9 Å². The van der Waals surface area contributed by atoms with E-state index in [-0.39, 0.29) is 11.4 Å². The third-order valence-electron chi connectivity index (χ3n) is 2.22. The first-order valence-corrected chi connectivity index (χ1v) is 5.34. The van der Waals surface area contributed by atoms with Gasteiger partial charge in [-0.15, -0.1) is 0 Å². The Morgan fingerprint density at radius 3 is 2.37 bits per heavy atom. The highest BCUT2D eigenvalue weighted by Gasteiger charge is 2.08. The minimum Gasteiger partial charge on any atom is -0.410 e. The van der Waals surface area contributed by atoms with Crippen molar-refractivity contribution in [1.82, 2.24) is 0 Å². The molecule has 0 unspecified atom stereocenters. The zero-order chi connectivity index (χ0) is 13.7. The molecule has 2 aromatic rings. The monoisotopic (exact) mass is 257 g/mol. The molecule has 0 aromatic heterocycles. The summed E-state index contributed by atoms with van der Waals surface area (Å²) in [7, 11) is 0. The van der Waals surface area contributed by atoms with Crippen molar-refractivity contribution in [3.05, 3.63) is 64.7 Å². The summed E-state index contributed by atoms with van der Waals surface area (Å²) >= 11 is 0. The van der Waals surface area contributed by atoms with Crippen molar-refractivity contribution in [3.8, 4) is 5.75 Å². The Balaban J connectivity index is 1.97. The Morgan fingerprint density at radius 2 is 1.79 bits per heavy atom. The number of nitrogens with one attached hydrogen (secondary N) is 1. The molecular formula is C13H9N2O4. The van der Waals surface area contributed by atoms with Gasteiger partial charge in [-0.1, -0.05) is 12.1 Å². The molecule has 0 aliphatic heterocycles. The summed E-state index contributed by atoms with van der Waals surface area (Å²) in [6.07, 6.45) is -0.667. The molecule has 0 aliphatic rings. The number of benzene rings is 2. The average Bonchev–Trinajstić information content (AvgIpc) is 2.40. The van der Waals surface area contributed by atoms with Gasteiger partial charge in [0.2, 0.25) is 0 Å².